The first kappa shape index (κ1) is 23.5. The van der Waals surface area contributed by atoms with Crippen molar-refractivity contribution in [3.05, 3.63) is 143 Å². The van der Waals surface area contributed by atoms with E-state index in [1.165, 1.54) is 29.2 Å². The van der Waals surface area contributed by atoms with Crippen LogP contribution >= 0.6 is 0 Å². The third-order valence-corrected chi connectivity index (χ3v) is 12.4. The first-order valence-electron chi connectivity index (χ1n) is 11.7. The molecule has 0 amide bonds. The average Bonchev–Trinajstić information content (AvgIpc) is 3.65. The number of hydrogen-bond donors (Lipinski definition) is 0. The van der Waals surface area contributed by atoms with Gasteiger partial charge in [0.1, 0.15) is 0 Å². The number of rotatable bonds is 5. The molecule has 0 fully saturated rings. The average molecular weight is 487 g/mol. The van der Waals surface area contributed by atoms with Crippen molar-refractivity contribution >= 4 is 20.2 Å². The van der Waals surface area contributed by atoms with Crippen LogP contribution < -0.4 is 0 Å². The van der Waals surface area contributed by atoms with Gasteiger partial charge in [-0.3, -0.25) is 0 Å². The molecule has 0 heterocycles. The molecule has 0 bridgehead atoms. The molecule has 2 aliphatic rings. The molecule has 166 valence electrons. The fourth-order valence-electron chi connectivity index (χ4n) is 5.47. The molecular formula is C31H30FeSi. The largest absolute Gasteiger partial charge is 2.00 e. The quantitative estimate of drug-likeness (QED) is 0.197. The summed E-state index contributed by atoms with van der Waals surface area (Å²) in [5.41, 5.74) is 8.60. The smallest absolute Gasteiger partial charge is 0.214 e. The molecule has 0 aliphatic heterocycles. The molecule has 0 saturated heterocycles. The number of benzene rings is 2. The zero-order valence-corrected chi connectivity index (χ0v) is 21.2. The molecule has 2 heteroatoms. The predicted octanol–water partition coefficient (Wildman–Crippen LogP) is 8.13. The normalized spacial score (nSPS) is 19.1. The van der Waals surface area contributed by atoms with E-state index < -0.39 is 8.07 Å². The Morgan fingerprint density at radius 1 is 0.697 bits per heavy atom. The van der Waals surface area contributed by atoms with Crippen molar-refractivity contribution in [1.82, 2.24) is 0 Å². The van der Waals surface area contributed by atoms with Gasteiger partial charge in [0.2, 0.25) is 0 Å². The summed E-state index contributed by atoms with van der Waals surface area (Å²) in [4.78, 5) is 0. The van der Waals surface area contributed by atoms with Crippen molar-refractivity contribution in [2.45, 2.75) is 30.1 Å². The molecule has 0 spiro atoms. The molecule has 0 nitrogen and oxygen atoms in total. The number of allylic oxidation sites excluding steroid dienone is 2. The molecule has 0 radical (unpaired) electrons. The molecule has 0 saturated carbocycles. The zero-order chi connectivity index (χ0) is 21.8. The second kappa shape index (κ2) is 10.5. The SMILES string of the molecule is C[Si](CCc1ccc[cH-]1)(C1C=Cc2ccccc21)C1C=Cc2ccccc21.[Fe+2].c1cc[cH-]c1. The monoisotopic (exact) mass is 486 g/mol. The van der Waals surface area contributed by atoms with Gasteiger partial charge in [-0.15, -0.1) is 0 Å². The van der Waals surface area contributed by atoms with Crippen LogP contribution in [-0.4, -0.2) is 8.07 Å². The summed E-state index contributed by atoms with van der Waals surface area (Å²) in [6, 6.07) is 38.2. The summed E-state index contributed by atoms with van der Waals surface area (Å²) in [5.74, 6) is 0. The van der Waals surface area contributed by atoms with E-state index in [-0.39, 0.29) is 17.1 Å². The molecule has 6 rings (SSSR count). The molecule has 33 heavy (non-hydrogen) atoms. The van der Waals surface area contributed by atoms with Gasteiger partial charge in [0.05, 0.1) is 8.07 Å². The van der Waals surface area contributed by atoms with Crippen molar-refractivity contribution in [2.24, 2.45) is 0 Å². The zero-order valence-electron chi connectivity index (χ0n) is 19.0. The fraction of sp³-hybridized carbons (Fsp3) is 0.161. The van der Waals surface area contributed by atoms with E-state index in [0.717, 1.165) is 0 Å². The van der Waals surface area contributed by atoms with Crippen LogP contribution in [0.1, 0.15) is 38.9 Å². The van der Waals surface area contributed by atoms with Crippen molar-refractivity contribution in [2.75, 3.05) is 0 Å². The number of aryl methyl sites for hydroxylation is 1. The minimum Gasteiger partial charge on any atom is -0.214 e. The van der Waals surface area contributed by atoms with Gasteiger partial charge in [-0.25, -0.2) is 24.3 Å². The maximum absolute atomic E-state index is 2.64. The molecular weight excluding hydrogens is 456 g/mol. The second-order valence-electron chi connectivity index (χ2n) is 9.19. The Morgan fingerprint density at radius 3 is 1.76 bits per heavy atom. The molecule has 4 aromatic rings. The minimum absolute atomic E-state index is 0. The topological polar surface area (TPSA) is 0 Å². The van der Waals surface area contributed by atoms with Gasteiger partial charge >= 0.3 is 17.1 Å². The van der Waals surface area contributed by atoms with Crippen LogP contribution in [0.2, 0.25) is 12.6 Å². The van der Waals surface area contributed by atoms with Crippen molar-refractivity contribution in [3.8, 4) is 0 Å². The van der Waals surface area contributed by atoms with E-state index in [9.17, 15) is 0 Å². The third-order valence-electron chi connectivity index (χ3n) is 7.26. The Balaban J connectivity index is 0.000000385. The van der Waals surface area contributed by atoms with Gasteiger partial charge in [-0.1, -0.05) is 91.8 Å². The fourth-order valence-corrected chi connectivity index (χ4v) is 10.3. The van der Waals surface area contributed by atoms with Gasteiger partial charge in [0.25, 0.3) is 0 Å². The first-order valence-corrected chi connectivity index (χ1v) is 14.5. The molecule has 0 aromatic heterocycles. The van der Waals surface area contributed by atoms with Crippen molar-refractivity contribution in [3.63, 3.8) is 0 Å². The minimum atomic E-state index is -1.72. The van der Waals surface area contributed by atoms with Crippen molar-refractivity contribution in [1.29, 1.82) is 0 Å². The summed E-state index contributed by atoms with van der Waals surface area (Å²) in [7, 11) is -1.72. The van der Waals surface area contributed by atoms with Crippen molar-refractivity contribution < 1.29 is 17.1 Å². The van der Waals surface area contributed by atoms with Crippen LogP contribution in [-0.2, 0) is 23.5 Å². The van der Waals surface area contributed by atoms with Crippen LogP contribution in [0.3, 0.4) is 0 Å². The van der Waals surface area contributed by atoms with Crippen LogP contribution in [0.15, 0.2) is 115 Å². The van der Waals surface area contributed by atoms with Crippen LogP contribution in [0.4, 0.5) is 0 Å². The molecule has 2 aliphatic carbocycles. The maximum Gasteiger partial charge on any atom is 2.00 e. The van der Waals surface area contributed by atoms with Gasteiger partial charge in [0.15, 0.2) is 0 Å². The first-order chi connectivity index (χ1) is 15.8. The summed E-state index contributed by atoms with van der Waals surface area (Å²) in [6.07, 6.45) is 10.9. The maximum atomic E-state index is 2.64. The summed E-state index contributed by atoms with van der Waals surface area (Å²) < 4.78 is 0. The van der Waals surface area contributed by atoms with Gasteiger partial charge in [-0.05, 0) is 33.3 Å². The second-order valence-corrected chi connectivity index (χ2v) is 13.9. The summed E-state index contributed by atoms with van der Waals surface area (Å²) >= 11 is 0. The Bertz CT molecular complexity index is 1120. The Labute approximate surface area is 209 Å². The Kier molecular flexibility index (Phi) is 7.50. The summed E-state index contributed by atoms with van der Waals surface area (Å²) in [6.45, 7) is 2.64. The number of hydrogen-bond acceptors (Lipinski definition) is 0. The standard InChI is InChI=1S/C26H25Si.C5H5.Fe/c1-27(19-18-20-8-2-3-9-20,25-16-14-21-10-4-6-12-23(21)25)26-17-15-22-11-5-7-13-24(22)26;1-2-4-5-3-1;/h2-17,25-26H,18-19H2,1H3;1-5H;/q2*-1;+2. The molecule has 4 aromatic carbocycles. The van der Waals surface area contributed by atoms with Crippen LogP contribution in [0, 0.1) is 0 Å². The van der Waals surface area contributed by atoms with E-state index in [1.807, 2.05) is 30.3 Å². The van der Waals surface area contributed by atoms with E-state index in [1.54, 1.807) is 11.1 Å². The molecule has 2 unspecified atom stereocenters. The predicted molar refractivity (Wildman–Crippen MR) is 141 cm³/mol. The molecule has 0 N–H and O–H groups in total. The Hall–Kier alpha value is -2.64. The van der Waals surface area contributed by atoms with E-state index in [0.29, 0.717) is 11.1 Å². The Morgan fingerprint density at radius 2 is 1.27 bits per heavy atom. The van der Waals surface area contributed by atoms with E-state index in [2.05, 4.69) is 104 Å². The van der Waals surface area contributed by atoms with Crippen LogP contribution in [0.5, 0.6) is 0 Å². The summed E-state index contributed by atoms with van der Waals surface area (Å²) in [5, 5.41) is 0. The third kappa shape index (κ3) is 4.84. The molecule has 2 atom stereocenters. The number of fused-ring (bicyclic) bond motifs is 2. The van der Waals surface area contributed by atoms with Gasteiger partial charge < -0.3 is 0 Å². The van der Waals surface area contributed by atoms with Gasteiger partial charge in [-0.2, -0.15) is 35.9 Å². The van der Waals surface area contributed by atoms with E-state index in [4.69, 9.17) is 0 Å². The van der Waals surface area contributed by atoms with Crippen LogP contribution in [0.25, 0.3) is 12.2 Å². The van der Waals surface area contributed by atoms with E-state index >= 15 is 0 Å². The van der Waals surface area contributed by atoms with Gasteiger partial charge in [0, 0.05) is 0 Å².